The number of nitrogens with zero attached hydrogens (tertiary/aromatic N) is 3. The molecule has 7 nitrogen and oxygen atoms in total. The van der Waals surface area contributed by atoms with Crippen LogP contribution in [-0.2, 0) is 4.74 Å². The number of nitrogens with one attached hydrogen (secondary N) is 1. The zero-order valence-corrected chi connectivity index (χ0v) is 13.4. The second-order valence-electron chi connectivity index (χ2n) is 6.92. The van der Waals surface area contributed by atoms with Crippen LogP contribution < -0.4 is 5.32 Å². The zero-order valence-electron chi connectivity index (χ0n) is 13.4. The highest BCUT2D eigenvalue weighted by atomic mass is 16.5. The van der Waals surface area contributed by atoms with Gasteiger partial charge in [-0.1, -0.05) is 5.16 Å². The van der Waals surface area contributed by atoms with Gasteiger partial charge in [-0.05, 0) is 51.0 Å². The van der Waals surface area contributed by atoms with E-state index in [-0.39, 0.29) is 17.8 Å². The van der Waals surface area contributed by atoms with Gasteiger partial charge in [0.05, 0.1) is 12.6 Å². The van der Waals surface area contributed by atoms with Gasteiger partial charge in [0.1, 0.15) is 0 Å². The molecule has 1 atom stereocenters. The summed E-state index contributed by atoms with van der Waals surface area (Å²) in [7, 11) is 0. The number of carbonyl (C=O) groups excluding carboxylic acids is 1. The minimum atomic E-state index is -0.222. The summed E-state index contributed by atoms with van der Waals surface area (Å²) < 4.78 is 11.1. The molecule has 4 rings (SSSR count). The normalized spacial score (nSPS) is 25.0. The first-order valence-electron chi connectivity index (χ1n) is 8.76. The van der Waals surface area contributed by atoms with Gasteiger partial charge in [0, 0.05) is 19.2 Å². The van der Waals surface area contributed by atoms with Crippen LogP contribution in [0.3, 0.4) is 0 Å². The van der Waals surface area contributed by atoms with Crippen LogP contribution in [0.2, 0.25) is 0 Å². The minimum absolute atomic E-state index is 0.120. The van der Waals surface area contributed by atoms with Crippen LogP contribution >= 0.6 is 0 Å². The first-order chi connectivity index (χ1) is 11.3. The van der Waals surface area contributed by atoms with Crippen LogP contribution in [0, 0.1) is 5.92 Å². The molecule has 0 aromatic carbocycles. The summed E-state index contributed by atoms with van der Waals surface area (Å²) >= 11 is 0. The molecule has 23 heavy (non-hydrogen) atoms. The lowest BCUT2D eigenvalue weighted by molar-refractivity contribution is 0.0871. The molecule has 1 N–H and O–H groups in total. The lowest BCUT2D eigenvalue weighted by Gasteiger charge is -2.21. The Kier molecular flexibility index (Phi) is 4.31. The molecule has 1 saturated heterocycles. The number of likely N-dealkylation sites (tertiary alicyclic amines) is 1. The molecular formula is C16H24N4O3. The minimum Gasteiger partial charge on any atom is -0.380 e. The number of rotatable bonds is 8. The molecule has 3 fully saturated rings. The molecule has 0 radical (unpaired) electrons. The Balaban J connectivity index is 1.30. The molecule has 1 aromatic rings. The summed E-state index contributed by atoms with van der Waals surface area (Å²) in [6.07, 6.45) is 6.84. The van der Waals surface area contributed by atoms with E-state index in [1.54, 1.807) is 0 Å². The van der Waals surface area contributed by atoms with Crippen molar-refractivity contribution in [3.05, 3.63) is 11.7 Å². The Morgan fingerprint density at radius 3 is 2.96 bits per heavy atom. The second kappa shape index (κ2) is 6.57. The molecule has 1 amide bonds. The Labute approximate surface area is 135 Å². The third kappa shape index (κ3) is 3.90. The zero-order chi connectivity index (χ0) is 15.6. The summed E-state index contributed by atoms with van der Waals surface area (Å²) in [6, 6.07) is 0.422. The van der Waals surface area contributed by atoms with Crippen molar-refractivity contribution in [3.63, 3.8) is 0 Å². The van der Waals surface area contributed by atoms with Crippen molar-refractivity contribution in [2.75, 3.05) is 26.3 Å². The van der Waals surface area contributed by atoms with Crippen LogP contribution in [0.5, 0.6) is 0 Å². The Morgan fingerprint density at radius 1 is 1.30 bits per heavy atom. The van der Waals surface area contributed by atoms with Gasteiger partial charge in [-0.3, -0.25) is 9.69 Å². The summed E-state index contributed by atoms with van der Waals surface area (Å²) in [4.78, 5) is 18.6. The third-order valence-electron chi connectivity index (χ3n) is 4.78. The molecule has 2 aliphatic carbocycles. The first-order valence-corrected chi connectivity index (χ1v) is 8.76. The van der Waals surface area contributed by atoms with Crippen LogP contribution in [0.15, 0.2) is 4.52 Å². The SMILES string of the molecule is O=C(NC1CC1)c1noc(C2CCCN2CCOCC2CC2)n1. The van der Waals surface area contributed by atoms with Gasteiger partial charge in [0.2, 0.25) is 5.89 Å². The number of carbonyl (C=O) groups is 1. The molecular weight excluding hydrogens is 296 g/mol. The van der Waals surface area contributed by atoms with Gasteiger partial charge >= 0.3 is 0 Å². The maximum absolute atomic E-state index is 12.0. The maximum Gasteiger partial charge on any atom is 0.292 e. The van der Waals surface area contributed by atoms with E-state index in [1.807, 2.05) is 0 Å². The van der Waals surface area contributed by atoms with E-state index >= 15 is 0 Å². The quantitative estimate of drug-likeness (QED) is 0.732. The molecule has 0 spiro atoms. The van der Waals surface area contributed by atoms with E-state index in [0.29, 0.717) is 11.9 Å². The highest BCUT2D eigenvalue weighted by molar-refractivity contribution is 5.90. The monoisotopic (exact) mass is 320 g/mol. The van der Waals surface area contributed by atoms with E-state index in [9.17, 15) is 4.79 Å². The molecule has 0 bridgehead atoms. The molecule has 1 unspecified atom stereocenters. The molecule has 1 aromatic heterocycles. The van der Waals surface area contributed by atoms with Gasteiger partial charge < -0.3 is 14.6 Å². The lowest BCUT2D eigenvalue weighted by atomic mass is 10.2. The number of ether oxygens (including phenoxy) is 1. The summed E-state index contributed by atoms with van der Waals surface area (Å²) in [6.45, 7) is 3.54. The smallest absolute Gasteiger partial charge is 0.292 e. The molecule has 126 valence electrons. The number of hydrogen-bond donors (Lipinski definition) is 1. The van der Waals surface area contributed by atoms with Crippen molar-refractivity contribution in [2.24, 2.45) is 5.92 Å². The topological polar surface area (TPSA) is 80.5 Å². The fourth-order valence-corrected chi connectivity index (χ4v) is 3.03. The van der Waals surface area contributed by atoms with Crippen LogP contribution in [-0.4, -0.2) is 53.3 Å². The van der Waals surface area contributed by atoms with Gasteiger partial charge in [-0.2, -0.15) is 4.98 Å². The molecule has 2 saturated carbocycles. The number of amides is 1. The summed E-state index contributed by atoms with van der Waals surface area (Å²) in [5.41, 5.74) is 0. The number of aromatic nitrogens is 2. The average Bonchev–Trinajstić information content (AvgIpc) is 3.44. The van der Waals surface area contributed by atoms with Crippen LogP contribution in [0.4, 0.5) is 0 Å². The van der Waals surface area contributed by atoms with Gasteiger partial charge in [-0.15, -0.1) is 0 Å². The van der Waals surface area contributed by atoms with E-state index in [0.717, 1.165) is 57.9 Å². The lowest BCUT2D eigenvalue weighted by Crippen LogP contribution is -2.28. The summed E-state index contributed by atoms with van der Waals surface area (Å²) in [5.74, 6) is 1.29. The average molecular weight is 320 g/mol. The number of hydrogen-bond acceptors (Lipinski definition) is 6. The Bertz CT molecular complexity index is 553. The van der Waals surface area contributed by atoms with Crippen molar-refractivity contribution in [2.45, 2.75) is 50.6 Å². The van der Waals surface area contributed by atoms with Crippen molar-refractivity contribution >= 4 is 5.91 Å². The maximum atomic E-state index is 12.0. The Hall–Kier alpha value is -1.47. The fourth-order valence-electron chi connectivity index (χ4n) is 3.03. The van der Waals surface area contributed by atoms with Gasteiger partial charge in [-0.25, -0.2) is 0 Å². The molecule has 2 heterocycles. The largest absolute Gasteiger partial charge is 0.380 e. The van der Waals surface area contributed by atoms with E-state index in [4.69, 9.17) is 9.26 Å². The van der Waals surface area contributed by atoms with Gasteiger partial charge in [0.15, 0.2) is 0 Å². The highest BCUT2D eigenvalue weighted by Crippen LogP contribution is 2.31. The highest BCUT2D eigenvalue weighted by Gasteiger charge is 2.32. The summed E-state index contributed by atoms with van der Waals surface area (Å²) in [5, 5.41) is 6.73. The van der Waals surface area contributed by atoms with Crippen molar-refractivity contribution in [1.82, 2.24) is 20.4 Å². The van der Waals surface area contributed by atoms with Crippen LogP contribution in [0.1, 0.15) is 61.1 Å². The van der Waals surface area contributed by atoms with Crippen LogP contribution in [0.25, 0.3) is 0 Å². The third-order valence-corrected chi connectivity index (χ3v) is 4.78. The van der Waals surface area contributed by atoms with E-state index in [1.165, 1.54) is 12.8 Å². The predicted octanol–water partition coefficient (Wildman–Crippen LogP) is 1.53. The second-order valence-corrected chi connectivity index (χ2v) is 6.92. The van der Waals surface area contributed by atoms with Crippen molar-refractivity contribution in [3.8, 4) is 0 Å². The van der Waals surface area contributed by atoms with E-state index < -0.39 is 0 Å². The van der Waals surface area contributed by atoms with Gasteiger partial charge in [0.25, 0.3) is 11.7 Å². The fraction of sp³-hybridized carbons (Fsp3) is 0.812. The molecule has 3 aliphatic rings. The Morgan fingerprint density at radius 2 is 2.17 bits per heavy atom. The standard InChI is InChI=1S/C16H24N4O3/c21-15(17-12-5-6-12)14-18-16(23-19-14)13-2-1-7-20(13)8-9-22-10-11-3-4-11/h11-13H,1-10H2,(H,17,21). The predicted molar refractivity (Wildman–Crippen MR) is 81.9 cm³/mol. The first kappa shape index (κ1) is 15.1. The van der Waals surface area contributed by atoms with Crippen molar-refractivity contribution < 1.29 is 14.1 Å². The molecule has 7 heteroatoms. The van der Waals surface area contributed by atoms with Crippen molar-refractivity contribution in [1.29, 1.82) is 0 Å². The van der Waals surface area contributed by atoms with E-state index in [2.05, 4.69) is 20.4 Å². The molecule has 1 aliphatic heterocycles.